The smallest absolute Gasteiger partial charge is 0.418 e. The number of nitrogens with one attached hydrogen (secondary N) is 1. The van der Waals surface area contributed by atoms with E-state index in [1.165, 1.54) is 36.4 Å². The predicted octanol–water partition coefficient (Wildman–Crippen LogP) is 2.50. The van der Waals surface area contributed by atoms with Gasteiger partial charge in [-0.15, -0.1) is 0 Å². The fraction of sp³-hybridized carbons (Fsp3) is 0.294. The van der Waals surface area contributed by atoms with Gasteiger partial charge in [0, 0.05) is 19.4 Å². The number of anilines is 2. The zero-order chi connectivity index (χ0) is 20.0. The van der Waals surface area contributed by atoms with Crippen LogP contribution in [0.4, 0.5) is 24.8 Å². The fourth-order valence-electron chi connectivity index (χ4n) is 2.11. The van der Waals surface area contributed by atoms with E-state index in [1.807, 2.05) is 0 Å². The summed E-state index contributed by atoms with van der Waals surface area (Å²) >= 11 is 0. The van der Waals surface area contributed by atoms with Crippen LogP contribution in [0.2, 0.25) is 0 Å². The fourth-order valence-corrected chi connectivity index (χ4v) is 2.11. The van der Waals surface area contributed by atoms with E-state index < -0.39 is 35.4 Å². The monoisotopic (exact) mass is 382 g/mol. The lowest BCUT2D eigenvalue weighted by molar-refractivity contribution is -0.151. The Bertz CT molecular complexity index is 800. The number of alkyl halides is 3. The molecule has 0 radical (unpaired) electrons. The molecule has 1 unspecified atom stereocenters. The number of ether oxygens (including phenoxy) is 1. The SMILES string of the molecule is CC(OC(=O)CN(C)c1ncccn1)C(=O)Nc1ccccc1C(F)(F)F. The minimum absolute atomic E-state index is 0.235. The van der Waals surface area contributed by atoms with Gasteiger partial charge >= 0.3 is 12.1 Å². The van der Waals surface area contributed by atoms with Crippen molar-refractivity contribution in [2.45, 2.75) is 19.2 Å². The van der Waals surface area contributed by atoms with Crippen LogP contribution < -0.4 is 10.2 Å². The minimum Gasteiger partial charge on any atom is -0.451 e. The Labute approximate surface area is 153 Å². The third-order valence-corrected chi connectivity index (χ3v) is 3.43. The largest absolute Gasteiger partial charge is 0.451 e. The molecule has 7 nitrogen and oxygen atoms in total. The summed E-state index contributed by atoms with van der Waals surface area (Å²) in [6.07, 6.45) is -2.91. The maximum absolute atomic E-state index is 13.0. The molecule has 1 amide bonds. The summed E-state index contributed by atoms with van der Waals surface area (Å²) < 4.78 is 43.9. The van der Waals surface area contributed by atoms with E-state index in [9.17, 15) is 22.8 Å². The normalized spacial score (nSPS) is 12.2. The Hall–Kier alpha value is -3.17. The molecular weight excluding hydrogens is 365 g/mol. The average molecular weight is 382 g/mol. The molecule has 0 saturated carbocycles. The molecule has 0 aliphatic carbocycles. The molecule has 1 atom stereocenters. The number of para-hydroxylation sites is 1. The number of nitrogens with zero attached hydrogens (tertiary/aromatic N) is 3. The van der Waals surface area contributed by atoms with Gasteiger partial charge in [0.15, 0.2) is 6.10 Å². The highest BCUT2D eigenvalue weighted by molar-refractivity contribution is 5.96. The van der Waals surface area contributed by atoms with Crippen molar-refractivity contribution in [3.05, 3.63) is 48.3 Å². The van der Waals surface area contributed by atoms with Gasteiger partial charge in [-0.3, -0.25) is 9.59 Å². The lowest BCUT2D eigenvalue weighted by Gasteiger charge is -2.19. The van der Waals surface area contributed by atoms with E-state index in [0.717, 1.165) is 12.1 Å². The first kappa shape index (κ1) is 20.1. The molecular formula is C17H17F3N4O3. The van der Waals surface area contributed by atoms with Gasteiger partial charge in [0.2, 0.25) is 5.95 Å². The van der Waals surface area contributed by atoms with Gasteiger partial charge in [0.1, 0.15) is 6.54 Å². The summed E-state index contributed by atoms with van der Waals surface area (Å²) in [6.45, 7) is 1.03. The Kier molecular flexibility index (Phi) is 6.32. The number of carbonyl (C=O) groups excluding carboxylic acids is 2. The first-order valence-electron chi connectivity index (χ1n) is 7.83. The lowest BCUT2D eigenvalue weighted by Crippen LogP contribution is -2.35. The average Bonchev–Trinajstić information content (AvgIpc) is 2.61. The second-order valence-electron chi connectivity index (χ2n) is 5.57. The molecule has 144 valence electrons. The van der Waals surface area contributed by atoms with E-state index in [0.29, 0.717) is 0 Å². The van der Waals surface area contributed by atoms with Gasteiger partial charge in [-0.2, -0.15) is 13.2 Å². The van der Waals surface area contributed by atoms with Gasteiger partial charge in [-0.05, 0) is 25.1 Å². The standard InChI is InChI=1S/C17H17F3N4O3/c1-11(27-14(25)10-24(2)16-21-8-5-9-22-16)15(26)23-13-7-4-3-6-12(13)17(18,19)20/h3-9,11H,10H2,1-2H3,(H,23,26). The molecule has 0 bridgehead atoms. The molecule has 1 heterocycles. The van der Waals surface area contributed by atoms with Crippen LogP contribution in [0.15, 0.2) is 42.7 Å². The maximum atomic E-state index is 13.0. The second kappa shape index (κ2) is 8.47. The molecule has 0 fully saturated rings. The minimum atomic E-state index is -4.62. The summed E-state index contributed by atoms with van der Waals surface area (Å²) in [7, 11) is 1.56. The number of esters is 1. The Morgan fingerprint density at radius 2 is 1.81 bits per heavy atom. The first-order valence-corrected chi connectivity index (χ1v) is 7.83. The van der Waals surface area contributed by atoms with Crippen LogP contribution in [-0.4, -0.2) is 41.5 Å². The van der Waals surface area contributed by atoms with Crippen LogP contribution in [0.25, 0.3) is 0 Å². The van der Waals surface area contributed by atoms with Crippen molar-refractivity contribution in [3.63, 3.8) is 0 Å². The third kappa shape index (κ3) is 5.66. The van der Waals surface area contributed by atoms with Gasteiger partial charge in [-0.25, -0.2) is 9.97 Å². The molecule has 10 heteroatoms. The summed E-state index contributed by atoms with van der Waals surface area (Å²) in [4.78, 5) is 33.3. The molecule has 27 heavy (non-hydrogen) atoms. The molecule has 0 aliphatic rings. The van der Waals surface area contributed by atoms with Crippen LogP contribution in [-0.2, 0) is 20.5 Å². The summed E-state index contributed by atoms with van der Waals surface area (Å²) in [5.41, 5.74) is -1.40. The quantitative estimate of drug-likeness (QED) is 0.773. The summed E-state index contributed by atoms with van der Waals surface area (Å²) in [5.74, 6) is -1.35. The molecule has 1 N–H and O–H groups in total. The molecule has 2 rings (SSSR count). The van der Waals surface area contributed by atoms with Crippen LogP contribution in [0.5, 0.6) is 0 Å². The van der Waals surface area contributed by atoms with Crippen LogP contribution in [0.3, 0.4) is 0 Å². The molecule has 0 aliphatic heterocycles. The van der Waals surface area contributed by atoms with Crippen LogP contribution in [0.1, 0.15) is 12.5 Å². The van der Waals surface area contributed by atoms with Crippen LogP contribution in [0, 0.1) is 0 Å². The van der Waals surface area contributed by atoms with E-state index >= 15 is 0 Å². The van der Waals surface area contributed by atoms with Crippen molar-refractivity contribution >= 4 is 23.5 Å². The number of carbonyl (C=O) groups is 2. The topological polar surface area (TPSA) is 84.4 Å². The van der Waals surface area contributed by atoms with Crippen molar-refractivity contribution in [2.24, 2.45) is 0 Å². The maximum Gasteiger partial charge on any atom is 0.418 e. The highest BCUT2D eigenvalue weighted by atomic mass is 19.4. The van der Waals surface area contributed by atoms with Gasteiger partial charge in [0.05, 0.1) is 11.3 Å². The number of likely N-dealkylation sites (N-methyl/N-ethyl adjacent to an activating group) is 1. The highest BCUT2D eigenvalue weighted by Gasteiger charge is 2.34. The number of amides is 1. The molecule has 0 spiro atoms. The number of halogens is 3. The number of hydrogen-bond donors (Lipinski definition) is 1. The second-order valence-corrected chi connectivity index (χ2v) is 5.57. The van der Waals surface area contributed by atoms with Gasteiger partial charge in [0.25, 0.3) is 5.91 Å². The highest BCUT2D eigenvalue weighted by Crippen LogP contribution is 2.34. The number of hydrogen-bond acceptors (Lipinski definition) is 6. The van der Waals surface area contributed by atoms with Gasteiger partial charge < -0.3 is 15.0 Å². The van der Waals surface area contributed by atoms with Crippen LogP contribution >= 0.6 is 0 Å². The zero-order valence-electron chi connectivity index (χ0n) is 14.5. The number of rotatable bonds is 6. The summed E-state index contributed by atoms with van der Waals surface area (Å²) in [5, 5.41) is 2.13. The van der Waals surface area contributed by atoms with E-state index in [-0.39, 0.29) is 12.5 Å². The van der Waals surface area contributed by atoms with E-state index in [1.54, 1.807) is 13.1 Å². The Morgan fingerprint density at radius 3 is 2.44 bits per heavy atom. The lowest BCUT2D eigenvalue weighted by atomic mass is 10.1. The molecule has 1 aromatic heterocycles. The van der Waals surface area contributed by atoms with E-state index in [4.69, 9.17) is 4.74 Å². The Balaban J connectivity index is 1.95. The molecule has 2 aromatic rings. The zero-order valence-corrected chi connectivity index (χ0v) is 14.5. The van der Waals surface area contributed by atoms with Gasteiger partial charge in [-0.1, -0.05) is 12.1 Å². The Morgan fingerprint density at radius 1 is 1.19 bits per heavy atom. The van der Waals surface area contributed by atoms with Crippen molar-refractivity contribution in [2.75, 3.05) is 23.8 Å². The third-order valence-electron chi connectivity index (χ3n) is 3.43. The van der Waals surface area contributed by atoms with Crippen molar-refractivity contribution < 1.29 is 27.5 Å². The molecule has 1 aromatic carbocycles. The van der Waals surface area contributed by atoms with E-state index in [2.05, 4.69) is 15.3 Å². The predicted molar refractivity (Wildman–Crippen MR) is 90.9 cm³/mol. The summed E-state index contributed by atoms with van der Waals surface area (Å²) in [6, 6.07) is 6.15. The number of benzene rings is 1. The van der Waals surface area contributed by atoms with Crippen molar-refractivity contribution in [3.8, 4) is 0 Å². The number of aromatic nitrogens is 2. The van der Waals surface area contributed by atoms with Crippen molar-refractivity contribution in [1.29, 1.82) is 0 Å². The first-order chi connectivity index (χ1) is 12.7. The molecule has 0 saturated heterocycles. The van der Waals surface area contributed by atoms with Crippen molar-refractivity contribution in [1.82, 2.24) is 9.97 Å².